The van der Waals surface area contributed by atoms with Gasteiger partial charge in [0.1, 0.15) is 0 Å². The Balaban J connectivity index is 1.74. The van der Waals surface area contributed by atoms with E-state index in [-0.39, 0.29) is 0 Å². The maximum Gasteiger partial charge on any atom is 0.191 e. The molecule has 1 aromatic carbocycles. The lowest BCUT2D eigenvalue weighted by atomic mass is 10.1. The molecule has 0 aliphatic heterocycles. The van der Waals surface area contributed by atoms with E-state index < -0.39 is 0 Å². The zero-order valence-corrected chi connectivity index (χ0v) is 14.4. The van der Waals surface area contributed by atoms with Crippen LogP contribution in [0, 0.1) is 6.92 Å². The summed E-state index contributed by atoms with van der Waals surface area (Å²) in [6, 6.07) is 15.3. The Morgan fingerprint density at radius 3 is 2.59 bits per heavy atom. The summed E-state index contributed by atoms with van der Waals surface area (Å²) in [4.78, 5) is 7.09. The largest absolute Gasteiger partial charge is 0.356 e. The number of aliphatic imine (C=N–C) groups is 1. The number of hydrogen-bond acceptors (Lipinski definition) is 2. The lowest BCUT2D eigenvalue weighted by molar-refractivity contribution is 0.644. The Labute approximate surface area is 137 Å². The summed E-state index contributed by atoms with van der Waals surface area (Å²) >= 11 is 1.87. The minimum atomic E-state index is 0.362. The fourth-order valence-corrected chi connectivity index (χ4v) is 3.36. The number of hydrogen-bond donors (Lipinski definition) is 2. The second-order valence-electron chi connectivity index (χ2n) is 5.50. The van der Waals surface area contributed by atoms with E-state index in [9.17, 15) is 0 Å². The molecular weight excluding hydrogens is 290 g/mol. The zero-order valence-electron chi connectivity index (χ0n) is 13.6. The van der Waals surface area contributed by atoms with Crippen molar-refractivity contribution >= 4 is 17.3 Å². The first kappa shape index (κ1) is 16.6. The Hall–Kier alpha value is -1.81. The van der Waals surface area contributed by atoms with Gasteiger partial charge < -0.3 is 10.6 Å². The SMILES string of the molecule is CN=C(NCCc1ccccc1)NC(C)Cc1ccc(C)s1. The molecule has 1 atom stereocenters. The van der Waals surface area contributed by atoms with Gasteiger partial charge in [-0.2, -0.15) is 0 Å². The van der Waals surface area contributed by atoms with Gasteiger partial charge in [-0.25, -0.2) is 0 Å². The monoisotopic (exact) mass is 315 g/mol. The molecule has 0 aliphatic rings. The highest BCUT2D eigenvalue weighted by molar-refractivity contribution is 7.11. The molecule has 118 valence electrons. The number of benzene rings is 1. The molecule has 2 N–H and O–H groups in total. The lowest BCUT2D eigenvalue weighted by Crippen LogP contribution is -2.43. The average Bonchev–Trinajstić information content (AvgIpc) is 2.92. The van der Waals surface area contributed by atoms with Crippen LogP contribution in [0.2, 0.25) is 0 Å². The number of rotatable bonds is 6. The molecule has 4 heteroatoms. The van der Waals surface area contributed by atoms with Crippen molar-refractivity contribution in [3.05, 3.63) is 57.8 Å². The third kappa shape index (κ3) is 5.53. The number of thiophene rings is 1. The summed E-state index contributed by atoms with van der Waals surface area (Å²) in [5, 5.41) is 6.84. The number of guanidine groups is 1. The van der Waals surface area contributed by atoms with Crippen molar-refractivity contribution in [1.29, 1.82) is 0 Å². The summed E-state index contributed by atoms with van der Waals surface area (Å²) in [6.45, 7) is 5.23. The first-order valence-electron chi connectivity index (χ1n) is 7.74. The number of aryl methyl sites for hydroxylation is 1. The Bertz CT molecular complexity index is 589. The molecule has 0 amide bonds. The van der Waals surface area contributed by atoms with Crippen molar-refractivity contribution in [3.63, 3.8) is 0 Å². The molecule has 0 saturated heterocycles. The van der Waals surface area contributed by atoms with Gasteiger partial charge in [-0.05, 0) is 38.0 Å². The molecule has 22 heavy (non-hydrogen) atoms. The third-order valence-electron chi connectivity index (χ3n) is 3.46. The van der Waals surface area contributed by atoms with Crippen molar-refractivity contribution in [2.75, 3.05) is 13.6 Å². The summed E-state index contributed by atoms with van der Waals surface area (Å²) in [5.41, 5.74) is 1.34. The van der Waals surface area contributed by atoms with Crippen LogP contribution >= 0.6 is 11.3 Å². The zero-order chi connectivity index (χ0) is 15.8. The standard InChI is InChI=1S/C18H25N3S/c1-14(13-17-10-9-15(2)22-17)21-18(19-3)20-12-11-16-7-5-4-6-8-16/h4-10,14H,11-13H2,1-3H3,(H2,19,20,21). The van der Waals surface area contributed by atoms with Gasteiger partial charge in [0.25, 0.3) is 0 Å². The van der Waals surface area contributed by atoms with Crippen molar-refractivity contribution in [2.24, 2.45) is 4.99 Å². The molecule has 0 bridgehead atoms. The summed E-state index contributed by atoms with van der Waals surface area (Å²) in [6.07, 6.45) is 2.03. The molecular formula is C18H25N3S. The predicted molar refractivity (Wildman–Crippen MR) is 96.9 cm³/mol. The minimum Gasteiger partial charge on any atom is -0.356 e. The fourth-order valence-electron chi connectivity index (χ4n) is 2.35. The van der Waals surface area contributed by atoms with Crippen LogP contribution in [0.3, 0.4) is 0 Å². The van der Waals surface area contributed by atoms with E-state index in [0.717, 1.165) is 25.3 Å². The first-order chi connectivity index (χ1) is 10.7. The highest BCUT2D eigenvalue weighted by atomic mass is 32.1. The van der Waals surface area contributed by atoms with Crippen LogP contribution in [0.1, 0.15) is 22.2 Å². The van der Waals surface area contributed by atoms with Gasteiger partial charge in [-0.3, -0.25) is 4.99 Å². The highest BCUT2D eigenvalue weighted by Crippen LogP contribution is 2.16. The van der Waals surface area contributed by atoms with Gasteiger partial charge in [0.2, 0.25) is 0 Å². The molecule has 3 nitrogen and oxygen atoms in total. The normalized spacial score (nSPS) is 13.0. The van der Waals surface area contributed by atoms with Gasteiger partial charge in [-0.1, -0.05) is 30.3 Å². The van der Waals surface area contributed by atoms with Gasteiger partial charge in [0.05, 0.1) is 0 Å². The summed E-state index contributed by atoms with van der Waals surface area (Å²) in [5.74, 6) is 0.872. The van der Waals surface area contributed by atoms with Gasteiger partial charge in [0.15, 0.2) is 5.96 Å². The van der Waals surface area contributed by atoms with Crippen LogP contribution in [0.4, 0.5) is 0 Å². The Morgan fingerprint density at radius 2 is 1.95 bits per heavy atom. The number of nitrogens with one attached hydrogen (secondary N) is 2. The van der Waals surface area contributed by atoms with Gasteiger partial charge in [0, 0.05) is 35.8 Å². The van der Waals surface area contributed by atoms with Crippen LogP contribution in [0.25, 0.3) is 0 Å². The van der Waals surface area contributed by atoms with Crippen LogP contribution in [0.15, 0.2) is 47.5 Å². The van der Waals surface area contributed by atoms with Crippen LogP contribution < -0.4 is 10.6 Å². The first-order valence-corrected chi connectivity index (χ1v) is 8.55. The maximum atomic E-state index is 4.30. The number of nitrogens with zero attached hydrogens (tertiary/aromatic N) is 1. The molecule has 2 rings (SSSR count). The maximum absolute atomic E-state index is 4.30. The quantitative estimate of drug-likeness (QED) is 0.633. The van der Waals surface area contributed by atoms with E-state index >= 15 is 0 Å². The third-order valence-corrected chi connectivity index (χ3v) is 4.48. The van der Waals surface area contributed by atoms with E-state index in [1.807, 2.05) is 24.5 Å². The molecule has 1 aromatic heterocycles. The van der Waals surface area contributed by atoms with Gasteiger partial charge in [-0.15, -0.1) is 11.3 Å². The van der Waals surface area contributed by atoms with Crippen LogP contribution in [-0.4, -0.2) is 25.6 Å². The van der Waals surface area contributed by atoms with Crippen LogP contribution in [0.5, 0.6) is 0 Å². The Morgan fingerprint density at radius 1 is 1.18 bits per heavy atom. The van der Waals surface area contributed by atoms with E-state index in [1.54, 1.807) is 0 Å². The van der Waals surface area contributed by atoms with Crippen molar-refractivity contribution in [3.8, 4) is 0 Å². The fraction of sp³-hybridized carbons (Fsp3) is 0.389. The van der Waals surface area contributed by atoms with E-state index in [4.69, 9.17) is 0 Å². The molecule has 0 fully saturated rings. The lowest BCUT2D eigenvalue weighted by Gasteiger charge is -2.17. The van der Waals surface area contributed by atoms with Crippen molar-refractivity contribution in [1.82, 2.24) is 10.6 Å². The summed E-state index contributed by atoms with van der Waals surface area (Å²) in [7, 11) is 1.82. The van der Waals surface area contributed by atoms with E-state index in [1.165, 1.54) is 15.3 Å². The second kappa shape index (κ2) is 8.59. The molecule has 1 unspecified atom stereocenters. The van der Waals surface area contributed by atoms with Crippen molar-refractivity contribution < 1.29 is 0 Å². The average molecular weight is 315 g/mol. The highest BCUT2D eigenvalue weighted by Gasteiger charge is 2.07. The predicted octanol–water partition coefficient (Wildman–Crippen LogP) is 3.40. The van der Waals surface area contributed by atoms with Crippen LogP contribution in [-0.2, 0) is 12.8 Å². The molecule has 0 aliphatic carbocycles. The minimum absolute atomic E-state index is 0.362. The summed E-state index contributed by atoms with van der Waals surface area (Å²) < 4.78 is 0. The second-order valence-corrected chi connectivity index (χ2v) is 6.87. The van der Waals surface area contributed by atoms with E-state index in [2.05, 4.69) is 65.9 Å². The van der Waals surface area contributed by atoms with Gasteiger partial charge >= 0.3 is 0 Å². The Kier molecular flexibility index (Phi) is 6.46. The molecule has 0 spiro atoms. The van der Waals surface area contributed by atoms with E-state index in [0.29, 0.717) is 6.04 Å². The molecule has 2 aromatic rings. The molecule has 0 radical (unpaired) electrons. The molecule has 0 saturated carbocycles. The molecule has 1 heterocycles. The smallest absolute Gasteiger partial charge is 0.191 e. The topological polar surface area (TPSA) is 36.4 Å². The van der Waals surface area contributed by atoms with Crippen molar-refractivity contribution in [2.45, 2.75) is 32.7 Å².